The van der Waals surface area contributed by atoms with Crippen LogP contribution in [-0.2, 0) is 16.6 Å². The lowest BCUT2D eigenvalue weighted by Gasteiger charge is -2.28. The standard InChI is InChI=1S/C21H21NO/c1-3-14-21(16-17-10-6-5-7-11-17)18-12-8-9-13-19(18)22(15-4-2)20(21)23/h3-13H,1-2,14-16H2. The lowest BCUT2D eigenvalue weighted by Crippen LogP contribution is -2.41. The Morgan fingerprint density at radius 3 is 2.35 bits per heavy atom. The Labute approximate surface area is 137 Å². The van der Waals surface area contributed by atoms with Crippen LogP contribution in [0.15, 0.2) is 79.9 Å². The van der Waals surface area contributed by atoms with Crippen molar-refractivity contribution in [2.45, 2.75) is 18.3 Å². The lowest BCUT2D eigenvalue weighted by molar-refractivity contribution is -0.123. The first-order valence-corrected chi connectivity index (χ1v) is 7.90. The van der Waals surface area contributed by atoms with Crippen LogP contribution in [0.5, 0.6) is 0 Å². The van der Waals surface area contributed by atoms with Crippen molar-refractivity contribution in [2.24, 2.45) is 0 Å². The first kappa shape index (κ1) is 15.3. The molecule has 0 N–H and O–H groups in total. The molecule has 1 aliphatic heterocycles. The van der Waals surface area contributed by atoms with Crippen LogP contribution in [0, 0.1) is 0 Å². The summed E-state index contributed by atoms with van der Waals surface area (Å²) in [4.78, 5) is 15.1. The van der Waals surface area contributed by atoms with Crippen molar-refractivity contribution < 1.29 is 4.79 Å². The van der Waals surface area contributed by atoms with Gasteiger partial charge in [-0.3, -0.25) is 4.79 Å². The van der Waals surface area contributed by atoms with Gasteiger partial charge in [-0.2, -0.15) is 0 Å². The molecule has 0 bridgehead atoms. The summed E-state index contributed by atoms with van der Waals surface area (Å²) in [6.45, 7) is 8.22. The van der Waals surface area contributed by atoms with Gasteiger partial charge in [0.15, 0.2) is 0 Å². The van der Waals surface area contributed by atoms with Crippen LogP contribution in [-0.4, -0.2) is 12.5 Å². The number of fused-ring (bicyclic) bond motifs is 1. The van der Waals surface area contributed by atoms with Crippen LogP contribution in [0.1, 0.15) is 17.5 Å². The second-order valence-electron chi connectivity index (χ2n) is 5.96. The molecule has 0 aromatic heterocycles. The molecule has 1 amide bonds. The molecule has 1 aliphatic rings. The van der Waals surface area contributed by atoms with E-state index in [2.05, 4.69) is 31.4 Å². The van der Waals surface area contributed by atoms with E-state index in [0.717, 1.165) is 16.8 Å². The van der Waals surface area contributed by atoms with Gasteiger partial charge in [-0.15, -0.1) is 13.2 Å². The van der Waals surface area contributed by atoms with Gasteiger partial charge >= 0.3 is 0 Å². The fourth-order valence-corrected chi connectivity index (χ4v) is 3.54. The van der Waals surface area contributed by atoms with Gasteiger partial charge in [-0.1, -0.05) is 60.7 Å². The van der Waals surface area contributed by atoms with E-state index >= 15 is 0 Å². The van der Waals surface area contributed by atoms with Crippen LogP contribution < -0.4 is 4.90 Å². The molecule has 23 heavy (non-hydrogen) atoms. The highest BCUT2D eigenvalue weighted by Gasteiger charge is 2.49. The molecule has 2 heteroatoms. The van der Waals surface area contributed by atoms with Gasteiger partial charge < -0.3 is 4.90 Å². The lowest BCUT2D eigenvalue weighted by atomic mass is 9.74. The van der Waals surface area contributed by atoms with Crippen molar-refractivity contribution in [1.82, 2.24) is 0 Å². The highest BCUT2D eigenvalue weighted by Crippen LogP contribution is 2.46. The Morgan fingerprint density at radius 2 is 1.65 bits per heavy atom. The predicted octanol–water partition coefficient (Wildman–Crippen LogP) is 4.28. The summed E-state index contributed by atoms with van der Waals surface area (Å²) in [6, 6.07) is 18.3. The zero-order chi connectivity index (χ0) is 16.3. The van der Waals surface area contributed by atoms with Crippen molar-refractivity contribution >= 4 is 11.6 Å². The second-order valence-corrected chi connectivity index (χ2v) is 5.96. The summed E-state index contributed by atoms with van der Waals surface area (Å²) in [7, 11) is 0. The largest absolute Gasteiger partial charge is 0.308 e. The second kappa shape index (κ2) is 6.25. The molecule has 0 spiro atoms. The van der Waals surface area contributed by atoms with E-state index in [-0.39, 0.29) is 5.91 Å². The minimum Gasteiger partial charge on any atom is -0.308 e. The van der Waals surface area contributed by atoms with E-state index in [1.165, 1.54) is 0 Å². The molecule has 0 aliphatic carbocycles. The monoisotopic (exact) mass is 303 g/mol. The molecule has 1 unspecified atom stereocenters. The quantitative estimate of drug-likeness (QED) is 0.730. The molecule has 2 nitrogen and oxygen atoms in total. The number of hydrogen-bond donors (Lipinski definition) is 0. The summed E-state index contributed by atoms with van der Waals surface area (Å²) in [5, 5.41) is 0. The normalized spacial score (nSPS) is 19.5. The Bertz CT molecular complexity index is 735. The number of para-hydroxylation sites is 1. The van der Waals surface area contributed by atoms with Gasteiger partial charge in [0.2, 0.25) is 5.91 Å². The van der Waals surface area contributed by atoms with Gasteiger partial charge in [-0.05, 0) is 30.0 Å². The average molecular weight is 303 g/mol. The maximum atomic E-state index is 13.3. The van der Waals surface area contributed by atoms with Gasteiger partial charge in [0.05, 0.1) is 5.41 Å². The smallest absolute Gasteiger partial charge is 0.238 e. The molecule has 116 valence electrons. The van der Waals surface area contributed by atoms with Crippen molar-refractivity contribution in [3.63, 3.8) is 0 Å². The maximum Gasteiger partial charge on any atom is 0.238 e. The van der Waals surface area contributed by atoms with E-state index in [0.29, 0.717) is 19.4 Å². The molecule has 1 heterocycles. The summed E-state index contributed by atoms with van der Waals surface area (Å²) in [5.74, 6) is 0.141. The first-order chi connectivity index (χ1) is 11.2. The van der Waals surface area contributed by atoms with Crippen molar-refractivity contribution in [3.05, 3.63) is 91.0 Å². The van der Waals surface area contributed by atoms with E-state index in [1.54, 1.807) is 6.08 Å². The molecule has 0 fully saturated rings. The third kappa shape index (κ3) is 2.50. The highest BCUT2D eigenvalue weighted by atomic mass is 16.2. The Balaban J connectivity index is 2.13. The summed E-state index contributed by atoms with van der Waals surface area (Å²) in [6.07, 6.45) is 4.95. The van der Waals surface area contributed by atoms with Gasteiger partial charge in [0.1, 0.15) is 0 Å². The van der Waals surface area contributed by atoms with Crippen molar-refractivity contribution in [2.75, 3.05) is 11.4 Å². The average Bonchev–Trinajstić information content (AvgIpc) is 2.80. The third-order valence-corrected chi connectivity index (χ3v) is 4.52. The molecule has 2 aromatic carbocycles. The SMILES string of the molecule is C=CCN1C(=O)C(CC=C)(Cc2ccccc2)c2ccccc21. The van der Waals surface area contributed by atoms with Crippen molar-refractivity contribution in [1.29, 1.82) is 0 Å². The number of amides is 1. The van der Waals surface area contributed by atoms with Gasteiger partial charge in [0.25, 0.3) is 0 Å². The van der Waals surface area contributed by atoms with E-state index in [1.807, 2.05) is 47.4 Å². The zero-order valence-corrected chi connectivity index (χ0v) is 13.2. The minimum atomic E-state index is -0.567. The Kier molecular flexibility index (Phi) is 4.16. The molecule has 2 aromatic rings. The predicted molar refractivity (Wildman–Crippen MR) is 95.6 cm³/mol. The number of allylic oxidation sites excluding steroid dienone is 1. The molecule has 0 saturated carbocycles. The van der Waals surface area contributed by atoms with Crippen LogP contribution >= 0.6 is 0 Å². The van der Waals surface area contributed by atoms with Crippen LogP contribution in [0.4, 0.5) is 5.69 Å². The molecule has 3 rings (SSSR count). The fraction of sp³-hybridized carbons (Fsp3) is 0.190. The van der Waals surface area contributed by atoms with Gasteiger partial charge in [0, 0.05) is 12.2 Å². The number of carbonyl (C=O) groups is 1. The zero-order valence-electron chi connectivity index (χ0n) is 13.2. The van der Waals surface area contributed by atoms with Crippen LogP contribution in [0.25, 0.3) is 0 Å². The fourth-order valence-electron chi connectivity index (χ4n) is 3.54. The molecular weight excluding hydrogens is 282 g/mol. The number of benzene rings is 2. The number of anilines is 1. The highest BCUT2D eigenvalue weighted by molar-refractivity contribution is 6.08. The summed E-state index contributed by atoms with van der Waals surface area (Å²) < 4.78 is 0. The Morgan fingerprint density at radius 1 is 0.957 bits per heavy atom. The van der Waals surface area contributed by atoms with Crippen LogP contribution in [0.3, 0.4) is 0 Å². The van der Waals surface area contributed by atoms with Crippen LogP contribution in [0.2, 0.25) is 0 Å². The summed E-state index contributed by atoms with van der Waals surface area (Å²) >= 11 is 0. The van der Waals surface area contributed by atoms with Crippen molar-refractivity contribution in [3.8, 4) is 0 Å². The third-order valence-electron chi connectivity index (χ3n) is 4.52. The number of hydrogen-bond acceptors (Lipinski definition) is 1. The number of rotatable bonds is 6. The number of carbonyl (C=O) groups excluding carboxylic acids is 1. The van der Waals surface area contributed by atoms with E-state index in [9.17, 15) is 4.79 Å². The van der Waals surface area contributed by atoms with Gasteiger partial charge in [-0.25, -0.2) is 0 Å². The first-order valence-electron chi connectivity index (χ1n) is 7.90. The number of nitrogens with zero attached hydrogens (tertiary/aromatic N) is 1. The van der Waals surface area contributed by atoms with E-state index < -0.39 is 5.41 Å². The topological polar surface area (TPSA) is 20.3 Å². The molecule has 0 radical (unpaired) electrons. The molecule has 0 saturated heterocycles. The van der Waals surface area contributed by atoms with E-state index in [4.69, 9.17) is 0 Å². The Hall–Kier alpha value is -2.61. The maximum absolute atomic E-state index is 13.3. The molecular formula is C21H21NO. The summed E-state index contributed by atoms with van der Waals surface area (Å²) in [5.41, 5.74) is 2.69. The molecule has 1 atom stereocenters. The minimum absolute atomic E-state index is 0.141.